The van der Waals surface area contributed by atoms with Crippen molar-refractivity contribution < 1.29 is 9.53 Å². The van der Waals surface area contributed by atoms with Gasteiger partial charge in [0.15, 0.2) is 0 Å². The summed E-state index contributed by atoms with van der Waals surface area (Å²) in [5.74, 6) is -0.0954. The van der Waals surface area contributed by atoms with Gasteiger partial charge in [-0.2, -0.15) is 5.10 Å². The number of nitrogens with one attached hydrogen (secondary N) is 2. The molecule has 0 bridgehead atoms. The van der Waals surface area contributed by atoms with Crippen molar-refractivity contribution in [3.05, 3.63) is 39.8 Å². The van der Waals surface area contributed by atoms with Crippen molar-refractivity contribution in [2.24, 2.45) is 0 Å². The molecule has 1 aliphatic heterocycles. The van der Waals surface area contributed by atoms with E-state index in [2.05, 4.69) is 34.1 Å². The van der Waals surface area contributed by atoms with Gasteiger partial charge in [-0.1, -0.05) is 12.8 Å². The van der Waals surface area contributed by atoms with Crippen LogP contribution in [0.4, 0.5) is 0 Å². The summed E-state index contributed by atoms with van der Waals surface area (Å²) in [6, 6.07) is 4.14. The Morgan fingerprint density at radius 1 is 1.21 bits per heavy atom. The number of morpholine rings is 1. The molecular weight excluding hydrogens is 418 g/mol. The lowest BCUT2D eigenvalue weighted by atomic mass is 10.00. The van der Waals surface area contributed by atoms with Crippen LogP contribution in [-0.4, -0.2) is 64.0 Å². The first-order chi connectivity index (χ1) is 15.8. The van der Waals surface area contributed by atoms with Gasteiger partial charge in [-0.25, -0.2) is 0 Å². The van der Waals surface area contributed by atoms with E-state index in [9.17, 15) is 9.59 Å². The Bertz CT molecular complexity index is 1250. The van der Waals surface area contributed by atoms with Crippen LogP contribution in [-0.2, 0) is 4.74 Å². The van der Waals surface area contributed by atoms with Crippen molar-refractivity contribution in [2.75, 3.05) is 32.8 Å². The van der Waals surface area contributed by atoms with Crippen LogP contribution in [0.1, 0.15) is 61.5 Å². The third-order valence-corrected chi connectivity index (χ3v) is 7.37. The van der Waals surface area contributed by atoms with Gasteiger partial charge in [0.05, 0.1) is 41.9 Å². The van der Waals surface area contributed by atoms with Crippen LogP contribution < -0.4 is 10.9 Å². The van der Waals surface area contributed by atoms with Crippen LogP contribution >= 0.6 is 0 Å². The highest BCUT2D eigenvalue weighted by molar-refractivity contribution is 6.07. The fourth-order valence-electron chi connectivity index (χ4n) is 5.34. The van der Waals surface area contributed by atoms with Gasteiger partial charge in [-0.3, -0.25) is 19.2 Å². The van der Waals surface area contributed by atoms with E-state index in [1.54, 1.807) is 6.20 Å². The second-order valence-electron chi connectivity index (χ2n) is 10.1. The number of aryl methyl sites for hydroxylation is 1. The normalized spacial score (nSPS) is 18.4. The number of amides is 1. The van der Waals surface area contributed by atoms with Crippen LogP contribution in [0.3, 0.4) is 0 Å². The first-order valence-corrected chi connectivity index (χ1v) is 12.0. The molecule has 2 aliphatic rings. The quantitative estimate of drug-likeness (QED) is 0.622. The number of aromatic amines is 1. The van der Waals surface area contributed by atoms with Gasteiger partial charge in [-0.15, -0.1) is 0 Å². The highest BCUT2D eigenvalue weighted by atomic mass is 16.5. The second-order valence-corrected chi connectivity index (χ2v) is 10.1. The summed E-state index contributed by atoms with van der Waals surface area (Å²) in [4.78, 5) is 31.3. The van der Waals surface area contributed by atoms with Crippen LogP contribution in [0.5, 0.6) is 0 Å². The molecule has 1 amide bonds. The molecular formula is C25H33N5O3. The minimum atomic E-state index is -0.163. The van der Waals surface area contributed by atoms with Crippen LogP contribution in [0.25, 0.3) is 21.8 Å². The fourth-order valence-corrected chi connectivity index (χ4v) is 5.34. The highest BCUT2D eigenvalue weighted by Crippen LogP contribution is 2.33. The molecule has 1 saturated heterocycles. The van der Waals surface area contributed by atoms with Crippen molar-refractivity contribution in [3.8, 4) is 0 Å². The lowest BCUT2D eigenvalue weighted by Gasteiger charge is -2.40. The maximum Gasteiger partial charge on any atom is 0.259 e. The minimum absolute atomic E-state index is 0.0954. The SMILES string of the molecule is Cc1cc2[nH]c(=O)c3cnn(C4CCCC4)c3c2cc1C(=O)NCC(C)(C)N1CCOCC1. The number of hydrogen-bond acceptors (Lipinski definition) is 5. The molecule has 176 valence electrons. The van der Waals surface area contributed by atoms with E-state index >= 15 is 0 Å². The molecule has 5 rings (SSSR count). The largest absolute Gasteiger partial charge is 0.379 e. The zero-order valence-electron chi connectivity index (χ0n) is 19.7. The first kappa shape index (κ1) is 22.1. The molecule has 8 nitrogen and oxygen atoms in total. The van der Waals surface area contributed by atoms with Gasteiger partial charge in [0.1, 0.15) is 0 Å². The molecule has 2 fully saturated rings. The molecule has 3 heterocycles. The zero-order chi connectivity index (χ0) is 23.2. The predicted molar refractivity (Wildman–Crippen MR) is 129 cm³/mol. The Morgan fingerprint density at radius 3 is 2.67 bits per heavy atom. The average molecular weight is 452 g/mol. The number of ether oxygens (including phenoxy) is 1. The molecule has 33 heavy (non-hydrogen) atoms. The molecule has 1 saturated carbocycles. The number of aromatic nitrogens is 3. The standard InChI is InChI=1S/C25H33N5O3/c1-16-12-21-19(22-20(24(32)28-21)14-27-30(22)17-6-4-5-7-17)13-18(16)23(31)26-15-25(2,3)29-8-10-33-11-9-29/h12-14,17H,4-11,15H2,1-3H3,(H,26,31)(H,28,32). The maximum absolute atomic E-state index is 13.3. The van der Waals surface area contributed by atoms with Gasteiger partial charge in [0, 0.05) is 36.1 Å². The summed E-state index contributed by atoms with van der Waals surface area (Å²) in [7, 11) is 0. The summed E-state index contributed by atoms with van der Waals surface area (Å²) in [6.07, 6.45) is 6.16. The average Bonchev–Trinajstić information content (AvgIpc) is 3.48. The van der Waals surface area contributed by atoms with Crippen molar-refractivity contribution in [1.82, 2.24) is 25.0 Å². The van der Waals surface area contributed by atoms with Gasteiger partial charge in [0.2, 0.25) is 0 Å². The molecule has 0 unspecified atom stereocenters. The van der Waals surface area contributed by atoms with E-state index in [1.807, 2.05) is 23.7 Å². The third kappa shape index (κ3) is 4.06. The molecule has 0 spiro atoms. The highest BCUT2D eigenvalue weighted by Gasteiger charge is 2.29. The second kappa shape index (κ2) is 8.57. The van der Waals surface area contributed by atoms with Crippen LogP contribution in [0, 0.1) is 6.92 Å². The Morgan fingerprint density at radius 2 is 1.94 bits per heavy atom. The number of carbonyl (C=O) groups is 1. The van der Waals surface area contributed by atoms with Crippen molar-refractivity contribution in [2.45, 2.75) is 58.0 Å². The number of rotatable bonds is 5. The lowest BCUT2D eigenvalue weighted by Crippen LogP contribution is -2.55. The molecule has 0 atom stereocenters. The monoisotopic (exact) mass is 451 g/mol. The summed E-state index contributed by atoms with van der Waals surface area (Å²) in [5.41, 5.74) is 2.76. The number of carbonyl (C=O) groups excluding carboxylic acids is 1. The zero-order valence-corrected chi connectivity index (χ0v) is 19.7. The number of pyridine rings is 1. The predicted octanol–water partition coefficient (Wildman–Crippen LogP) is 3.14. The number of H-pyrrole nitrogens is 1. The van der Waals surface area contributed by atoms with Gasteiger partial charge >= 0.3 is 0 Å². The Kier molecular flexibility index (Phi) is 5.74. The van der Waals surface area contributed by atoms with E-state index in [-0.39, 0.29) is 17.0 Å². The summed E-state index contributed by atoms with van der Waals surface area (Å²) in [5, 5.41) is 9.19. The Balaban J connectivity index is 1.49. The smallest absolute Gasteiger partial charge is 0.259 e. The van der Waals surface area contributed by atoms with Gasteiger partial charge in [-0.05, 0) is 51.3 Å². The topological polar surface area (TPSA) is 92.2 Å². The number of nitrogens with zero attached hydrogens (tertiary/aromatic N) is 3. The molecule has 3 aromatic rings. The third-order valence-electron chi connectivity index (χ3n) is 7.37. The fraction of sp³-hybridized carbons (Fsp3) is 0.560. The number of hydrogen-bond donors (Lipinski definition) is 2. The Labute approximate surface area is 193 Å². The van der Waals surface area contributed by atoms with E-state index in [0.29, 0.717) is 23.5 Å². The van der Waals surface area contributed by atoms with Crippen molar-refractivity contribution in [1.29, 1.82) is 0 Å². The number of benzene rings is 1. The van der Waals surface area contributed by atoms with Crippen LogP contribution in [0.2, 0.25) is 0 Å². The van der Waals surface area contributed by atoms with Crippen molar-refractivity contribution in [3.63, 3.8) is 0 Å². The molecule has 2 N–H and O–H groups in total. The number of fused-ring (bicyclic) bond motifs is 3. The molecule has 0 radical (unpaired) electrons. The minimum Gasteiger partial charge on any atom is -0.379 e. The maximum atomic E-state index is 13.3. The molecule has 1 aliphatic carbocycles. The summed E-state index contributed by atoms with van der Waals surface area (Å²) < 4.78 is 7.48. The van der Waals surface area contributed by atoms with E-state index in [0.717, 1.165) is 61.1 Å². The van der Waals surface area contributed by atoms with E-state index in [1.165, 1.54) is 12.8 Å². The molecule has 8 heteroatoms. The van der Waals surface area contributed by atoms with E-state index in [4.69, 9.17) is 4.74 Å². The summed E-state index contributed by atoms with van der Waals surface area (Å²) >= 11 is 0. The van der Waals surface area contributed by atoms with Crippen molar-refractivity contribution >= 4 is 27.7 Å². The molecule has 2 aromatic heterocycles. The molecule has 1 aromatic carbocycles. The van der Waals surface area contributed by atoms with Gasteiger partial charge in [0.25, 0.3) is 11.5 Å². The Hall–Kier alpha value is -2.71. The van der Waals surface area contributed by atoms with Gasteiger partial charge < -0.3 is 15.0 Å². The summed E-state index contributed by atoms with van der Waals surface area (Å²) in [6.45, 7) is 9.96. The first-order valence-electron chi connectivity index (χ1n) is 12.0. The van der Waals surface area contributed by atoms with E-state index < -0.39 is 0 Å². The lowest BCUT2D eigenvalue weighted by molar-refractivity contribution is -0.00923. The van der Waals surface area contributed by atoms with Crippen LogP contribution in [0.15, 0.2) is 23.1 Å².